The highest BCUT2D eigenvalue weighted by Gasteiger charge is 2.18. The van der Waals surface area contributed by atoms with Gasteiger partial charge in [0.15, 0.2) is 5.75 Å². The molecule has 5 nitrogen and oxygen atoms in total. The van der Waals surface area contributed by atoms with Crippen LogP contribution in [0, 0.1) is 0 Å². The van der Waals surface area contributed by atoms with Crippen LogP contribution in [0.3, 0.4) is 0 Å². The van der Waals surface area contributed by atoms with E-state index >= 15 is 0 Å². The summed E-state index contributed by atoms with van der Waals surface area (Å²) in [5.74, 6) is 0.523. The van der Waals surface area contributed by atoms with Crippen LogP contribution < -0.4 is 10.1 Å². The van der Waals surface area contributed by atoms with Crippen molar-refractivity contribution < 1.29 is 9.53 Å². The van der Waals surface area contributed by atoms with Crippen molar-refractivity contribution in [2.75, 3.05) is 12.4 Å². The lowest BCUT2D eigenvalue weighted by Gasteiger charge is -2.12. The molecule has 5 aromatic rings. The molecule has 0 aliphatic rings. The number of nitrogens with zero attached hydrogens (tertiary/aromatic N) is 1. The van der Waals surface area contributed by atoms with Gasteiger partial charge in [-0.2, -0.15) is 5.10 Å². The zero-order valence-electron chi connectivity index (χ0n) is 16.3. The minimum atomic E-state index is -0.0779. The zero-order valence-corrected chi connectivity index (χ0v) is 17.1. The third-order valence-corrected chi connectivity index (χ3v) is 5.98. The molecule has 1 amide bonds. The van der Waals surface area contributed by atoms with Crippen LogP contribution in [0.15, 0.2) is 72.1 Å². The average molecular weight is 414 g/mol. The monoisotopic (exact) mass is 413 g/mol. The number of carbonyl (C=O) groups is 1. The number of fused-ring (bicyclic) bond motifs is 2. The largest absolute Gasteiger partial charge is 0.494 e. The molecule has 0 fully saturated rings. The van der Waals surface area contributed by atoms with Gasteiger partial charge < -0.3 is 10.1 Å². The summed E-state index contributed by atoms with van der Waals surface area (Å²) in [6.45, 7) is 0. The first-order valence-corrected chi connectivity index (χ1v) is 10.5. The van der Waals surface area contributed by atoms with Gasteiger partial charge in [0.25, 0.3) is 0 Å². The van der Waals surface area contributed by atoms with Crippen molar-refractivity contribution in [3.05, 3.63) is 77.0 Å². The summed E-state index contributed by atoms with van der Waals surface area (Å²) in [4.78, 5) is 13.6. The predicted molar refractivity (Wildman–Crippen MR) is 122 cm³/mol. The van der Waals surface area contributed by atoms with E-state index in [0.717, 1.165) is 32.4 Å². The molecule has 0 bridgehead atoms. The van der Waals surface area contributed by atoms with Crippen molar-refractivity contribution in [2.24, 2.45) is 0 Å². The van der Waals surface area contributed by atoms with Crippen LogP contribution in [0.1, 0.15) is 4.88 Å². The van der Waals surface area contributed by atoms with Gasteiger partial charge in [-0.3, -0.25) is 9.89 Å². The smallest absolute Gasteiger partial charge is 0.229 e. The highest BCUT2D eigenvalue weighted by Crippen LogP contribution is 2.39. The summed E-state index contributed by atoms with van der Waals surface area (Å²) in [6.07, 6.45) is 0.335. The number of anilines is 1. The number of hydrogen-bond acceptors (Lipinski definition) is 4. The van der Waals surface area contributed by atoms with Gasteiger partial charge in [-0.05, 0) is 40.4 Å². The molecule has 2 aromatic heterocycles. The van der Waals surface area contributed by atoms with Crippen molar-refractivity contribution >= 4 is 44.6 Å². The molecule has 0 radical (unpaired) electrons. The van der Waals surface area contributed by atoms with Gasteiger partial charge in [-0.1, -0.05) is 42.5 Å². The Labute approximate surface area is 177 Å². The first kappa shape index (κ1) is 18.4. The van der Waals surface area contributed by atoms with Crippen LogP contribution in [-0.2, 0) is 11.2 Å². The SMILES string of the molecule is COc1c(NC(=O)Cc2cccs2)ccc2[nH]nc(-c3ccc4ccccc4c3)c12. The van der Waals surface area contributed by atoms with Gasteiger partial charge in [0.1, 0.15) is 5.69 Å². The number of aromatic nitrogens is 2. The molecule has 0 saturated heterocycles. The summed E-state index contributed by atoms with van der Waals surface area (Å²) >= 11 is 1.57. The van der Waals surface area contributed by atoms with E-state index in [2.05, 4.69) is 45.8 Å². The second-order valence-corrected chi connectivity index (χ2v) is 8.04. The molecule has 6 heteroatoms. The Hall–Kier alpha value is -3.64. The maximum Gasteiger partial charge on any atom is 0.229 e. The number of hydrogen-bond donors (Lipinski definition) is 2. The maximum atomic E-state index is 12.5. The quantitative estimate of drug-likeness (QED) is 0.392. The van der Waals surface area contributed by atoms with Crippen LogP contribution >= 0.6 is 11.3 Å². The van der Waals surface area contributed by atoms with Crippen LogP contribution in [0.25, 0.3) is 32.9 Å². The highest BCUT2D eigenvalue weighted by molar-refractivity contribution is 7.10. The molecule has 3 aromatic carbocycles. The van der Waals surface area contributed by atoms with E-state index in [1.165, 1.54) is 5.39 Å². The zero-order chi connectivity index (χ0) is 20.5. The molecule has 30 heavy (non-hydrogen) atoms. The molecule has 2 heterocycles. The molecule has 5 rings (SSSR count). The van der Waals surface area contributed by atoms with Gasteiger partial charge in [-0.15, -0.1) is 11.3 Å². The molecule has 0 aliphatic heterocycles. The number of aromatic amines is 1. The Morgan fingerprint density at radius 3 is 2.73 bits per heavy atom. The second kappa shape index (κ2) is 7.65. The third-order valence-electron chi connectivity index (χ3n) is 5.10. The van der Waals surface area contributed by atoms with E-state index in [1.54, 1.807) is 18.4 Å². The number of H-pyrrole nitrogens is 1. The summed E-state index contributed by atoms with van der Waals surface area (Å²) in [7, 11) is 1.61. The predicted octanol–water partition coefficient (Wildman–Crippen LogP) is 5.63. The standard InChI is InChI=1S/C24H19N3O2S/c1-29-24-20(25-21(28)14-18-7-4-12-30-18)11-10-19-22(24)23(27-26-19)17-9-8-15-5-2-3-6-16(15)13-17/h2-13H,14H2,1H3,(H,25,28)(H,26,27). The Kier molecular flexibility index (Phi) is 4.69. The highest BCUT2D eigenvalue weighted by atomic mass is 32.1. The molecule has 0 spiro atoms. The van der Waals surface area contributed by atoms with Crippen molar-refractivity contribution in [3.8, 4) is 17.0 Å². The normalized spacial score (nSPS) is 11.1. The minimum Gasteiger partial charge on any atom is -0.494 e. The third kappa shape index (κ3) is 3.31. The van der Waals surface area contributed by atoms with Gasteiger partial charge in [0.2, 0.25) is 5.91 Å². The lowest BCUT2D eigenvalue weighted by Crippen LogP contribution is -2.14. The first-order chi connectivity index (χ1) is 14.7. The number of ether oxygens (including phenoxy) is 1. The van der Waals surface area contributed by atoms with Crippen molar-refractivity contribution in [3.63, 3.8) is 0 Å². The number of carbonyl (C=O) groups excluding carboxylic acids is 1. The Morgan fingerprint density at radius 1 is 1.07 bits per heavy atom. The lowest BCUT2D eigenvalue weighted by molar-refractivity contribution is -0.115. The second-order valence-electron chi connectivity index (χ2n) is 7.01. The average Bonchev–Trinajstić information content (AvgIpc) is 3.43. The number of amides is 1. The molecule has 0 unspecified atom stereocenters. The fourth-order valence-electron chi connectivity index (χ4n) is 3.70. The summed E-state index contributed by atoms with van der Waals surface area (Å²) in [5, 5.41) is 15.8. The van der Waals surface area contributed by atoms with Crippen LogP contribution in [0.4, 0.5) is 5.69 Å². The van der Waals surface area contributed by atoms with Crippen molar-refractivity contribution in [1.82, 2.24) is 10.2 Å². The number of nitrogens with one attached hydrogen (secondary N) is 2. The summed E-state index contributed by atoms with van der Waals surface area (Å²) < 4.78 is 5.73. The number of thiophene rings is 1. The van der Waals surface area contributed by atoms with E-state index in [0.29, 0.717) is 17.9 Å². The number of methoxy groups -OCH3 is 1. The van der Waals surface area contributed by atoms with Crippen molar-refractivity contribution in [2.45, 2.75) is 6.42 Å². The van der Waals surface area contributed by atoms with E-state index in [4.69, 9.17) is 4.74 Å². The molecular weight excluding hydrogens is 394 g/mol. The fraction of sp³-hybridized carbons (Fsp3) is 0.0833. The molecule has 0 aliphatic carbocycles. The number of rotatable bonds is 5. The van der Waals surface area contributed by atoms with Crippen LogP contribution in [-0.4, -0.2) is 23.2 Å². The maximum absolute atomic E-state index is 12.5. The van der Waals surface area contributed by atoms with Gasteiger partial charge >= 0.3 is 0 Å². The number of benzene rings is 3. The Balaban J connectivity index is 1.56. The Bertz CT molecular complexity index is 1360. The topological polar surface area (TPSA) is 67.0 Å². The van der Waals surface area contributed by atoms with Crippen LogP contribution in [0.5, 0.6) is 5.75 Å². The first-order valence-electron chi connectivity index (χ1n) is 9.59. The van der Waals surface area contributed by atoms with E-state index in [1.807, 2.05) is 41.8 Å². The van der Waals surface area contributed by atoms with Gasteiger partial charge in [-0.25, -0.2) is 0 Å². The molecule has 2 N–H and O–H groups in total. The molecule has 148 valence electrons. The lowest BCUT2D eigenvalue weighted by atomic mass is 10.0. The van der Waals surface area contributed by atoms with Crippen LogP contribution in [0.2, 0.25) is 0 Å². The van der Waals surface area contributed by atoms with Gasteiger partial charge in [0.05, 0.1) is 30.1 Å². The van der Waals surface area contributed by atoms with E-state index in [-0.39, 0.29) is 5.91 Å². The van der Waals surface area contributed by atoms with E-state index < -0.39 is 0 Å². The fourth-order valence-corrected chi connectivity index (χ4v) is 4.41. The van der Waals surface area contributed by atoms with Crippen molar-refractivity contribution in [1.29, 1.82) is 0 Å². The van der Waals surface area contributed by atoms with E-state index in [9.17, 15) is 4.79 Å². The van der Waals surface area contributed by atoms with Gasteiger partial charge in [0, 0.05) is 10.4 Å². The summed E-state index contributed by atoms with van der Waals surface area (Å²) in [6, 6.07) is 22.1. The minimum absolute atomic E-state index is 0.0779. The molecular formula is C24H19N3O2S. The molecule has 0 saturated carbocycles. The Morgan fingerprint density at radius 2 is 1.93 bits per heavy atom. The molecule has 0 atom stereocenters. The summed E-state index contributed by atoms with van der Waals surface area (Å²) in [5.41, 5.74) is 3.27.